The van der Waals surface area contributed by atoms with Crippen molar-refractivity contribution in [1.29, 1.82) is 0 Å². The third-order valence-corrected chi connectivity index (χ3v) is 3.08. The Morgan fingerprint density at radius 2 is 2.35 bits per heavy atom. The number of H-pyrrole nitrogens is 1. The lowest BCUT2D eigenvalue weighted by molar-refractivity contribution is 0.0817. The number of hydrogen-bond acceptors (Lipinski definition) is 3. The Hall–Kier alpha value is -1.65. The molecule has 2 heterocycles. The average molecular weight is 229 g/mol. The minimum atomic E-state index is 0.273. The first-order chi connectivity index (χ1) is 8.43. The number of nitrogens with one attached hydrogen (secondary N) is 2. The highest BCUT2D eigenvalue weighted by Gasteiger charge is 2.19. The molecule has 1 aliphatic heterocycles. The molecule has 4 nitrogen and oxygen atoms in total. The molecule has 0 saturated heterocycles. The van der Waals surface area contributed by atoms with E-state index in [1.165, 1.54) is 11.1 Å². The zero-order chi connectivity index (χ0) is 11.5. The number of fused-ring (bicyclic) bond motifs is 1. The van der Waals surface area contributed by atoms with Crippen molar-refractivity contribution < 1.29 is 4.74 Å². The normalized spacial score (nSPS) is 18.9. The lowest BCUT2D eigenvalue weighted by Crippen LogP contribution is -2.29. The molecular formula is C13H15N3O. The number of ether oxygens (including phenoxy) is 1. The third-order valence-electron chi connectivity index (χ3n) is 3.08. The summed E-state index contributed by atoms with van der Waals surface area (Å²) in [6.45, 7) is 2.26. The maximum atomic E-state index is 5.59. The van der Waals surface area contributed by atoms with Gasteiger partial charge in [-0.1, -0.05) is 24.3 Å². The van der Waals surface area contributed by atoms with Crippen LogP contribution in [0.2, 0.25) is 0 Å². The van der Waals surface area contributed by atoms with Gasteiger partial charge >= 0.3 is 0 Å². The molecule has 0 bridgehead atoms. The van der Waals surface area contributed by atoms with Gasteiger partial charge < -0.3 is 10.1 Å². The van der Waals surface area contributed by atoms with Crippen molar-refractivity contribution in [1.82, 2.24) is 15.5 Å². The van der Waals surface area contributed by atoms with Crippen LogP contribution in [0.4, 0.5) is 0 Å². The van der Waals surface area contributed by atoms with Crippen molar-refractivity contribution in [2.45, 2.75) is 19.2 Å². The minimum absolute atomic E-state index is 0.273. The molecule has 0 amide bonds. The van der Waals surface area contributed by atoms with E-state index < -0.39 is 0 Å². The van der Waals surface area contributed by atoms with E-state index >= 15 is 0 Å². The van der Waals surface area contributed by atoms with Gasteiger partial charge in [-0.2, -0.15) is 5.10 Å². The molecule has 17 heavy (non-hydrogen) atoms. The Balaban J connectivity index is 1.72. The lowest BCUT2D eigenvalue weighted by atomic mass is 9.99. The van der Waals surface area contributed by atoms with Gasteiger partial charge in [0.1, 0.15) is 0 Å². The van der Waals surface area contributed by atoms with E-state index in [4.69, 9.17) is 4.74 Å². The summed E-state index contributed by atoms with van der Waals surface area (Å²) in [7, 11) is 0. The molecule has 1 atom stereocenters. The summed E-state index contributed by atoms with van der Waals surface area (Å²) >= 11 is 0. The van der Waals surface area contributed by atoms with Crippen LogP contribution in [0.15, 0.2) is 36.7 Å². The highest BCUT2D eigenvalue weighted by atomic mass is 16.5. The minimum Gasteiger partial charge on any atom is -0.375 e. The largest absolute Gasteiger partial charge is 0.375 e. The molecular weight excluding hydrogens is 214 g/mol. The second kappa shape index (κ2) is 4.69. The molecule has 1 aliphatic rings. The van der Waals surface area contributed by atoms with Gasteiger partial charge in [-0.25, -0.2) is 0 Å². The van der Waals surface area contributed by atoms with Gasteiger partial charge in [0.25, 0.3) is 0 Å². The van der Waals surface area contributed by atoms with Crippen LogP contribution in [0, 0.1) is 0 Å². The van der Waals surface area contributed by atoms with Crippen LogP contribution in [-0.2, 0) is 17.9 Å². The Bertz CT molecular complexity index is 481. The Labute approximate surface area is 100 Å². The van der Waals surface area contributed by atoms with Crippen LogP contribution in [-0.4, -0.2) is 16.8 Å². The average Bonchev–Trinajstić information content (AvgIpc) is 2.89. The van der Waals surface area contributed by atoms with Crippen molar-refractivity contribution >= 4 is 0 Å². The standard InChI is InChI=1S/C13H15N3O/c1-2-4-12-11(3-1)8-17-9-13(12)14-5-10-6-15-16-7-10/h1-4,6-7,13-14H,5,8-9H2,(H,15,16). The quantitative estimate of drug-likeness (QED) is 0.843. The first-order valence-corrected chi connectivity index (χ1v) is 5.80. The van der Waals surface area contributed by atoms with E-state index in [9.17, 15) is 0 Å². The summed E-state index contributed by atoms with van der Waals surface area (Å²) in [5, 5.41) is 10.2. The summed E-state index contributed by atoms with van der Waals surface area (Å²) < 4.78 is 5.59. The van der Waals surface area contributed by atoms with E-state index in [0.29, 0.717) is 0 Å². The third kappa shape index (κ3) is 2.23. The molecule has 4 heteroatoms. The molecule has 0 spiro atoms. The molecule has 1 unspecified atom stereocenters. The number of benzene rings is 1. The summed E-state index contributed by atoms with van der Waals surface area (Å²) in [6.07, 6.45) is 3.74. The summed E-state index contributed by atoms with van der Waals surface area (Å²) in [5.41, 5.74) is 3.79. The van der Waals surface area contributed by atoms with Gasteiger partial charge in [0.15, 0.2) is 0 Å². The maximum absolute atomic E-state index is 5.59. The molecule has 0 fully saturated rings. The van der Waals surface area contributed by atoms with Crippen molar-refractivity contribution in [2.24, 2.45) is 0 Å². The van der Waals surface area contributed by atoms with Crippen molar-refractivity contribution in [3.8, 4) is 0 Å². The zero-order valence-corrected chi connectivity index (χ0v) is 9.52. The highest BCUT2D eigenvalue weighted by molar-refractivity contribution is 5.31. The molecule has 2 aromatic rings. The molecule has 2 N–H and O–H groups in total. The molecule has 0 saturated carbocycles. The first-order valence-electron chi connectivity index (χ1n) is 5.80. The maximum Gasteiger partial charge on any atom is 0.0721 e. The fourth-order valence-corrected chi connectivity index (χ4v) is 2.17. The Kier molecular flexibility index (Phi) is 2.90. The SMILES string of the molecule is c1ccc2c(c1)COCC2NCc1cn[nH]c1. The van der Waals surface area contributed by atoms with Crippen LogP contribution >= 0.6 is 0 Å². The van der Waals surface area contributed by atoms with Crippen LogP contribution < -0.4 is 5.32 Å². The van der Waals surface area contributed by atoms with Gasteiger partial charge in [-0.3, -0.25) is 5.10 Å². The predicted octanol–water partition coefficient (Wildman–Crippen LogP) is 1.77. The van der Waals surface area contributed by atoms with Crippen LogP contribution in [0.25, 0.3) is 0 Å². The zero-order valence-electron chi connectivity index (χ0n) is 9.52. The fourth-order valence-electron chi connectivity index (χ4n) is 2.17. The summed E-state index contributed by atoms with van der Waals surface area (Å²) in [6, 6.07) is 8.71. The van der Waals surface area contributed by atoms with Gasteiger partial charge in [-0.05, 0) is 11.1 Å². The highest BCUT2D eigenvalue weighted by Crippen LogP contribution is 2.24. The van der Waals surface area contributed by atoms with E-state index in [1.54, 1.807) is 0 Å². The van der Waals surface area contributed by atoms with Crippen molar-refractivity contribution in [3.63, 3.8) is 0 Å². The predicted molar refractivity (Wildman–Crippen MR) is 64.3 cm³/mol. The van der Waals surface area contributed by atoms with E-state index in [1.807, 2.05) is 12.4 Å². The second-order valence-corrected chi connectivity index (χ2v) is 4.25. The second-order valence-electron chi connectivity index (χ2n) is 4.25. The number of rotatable bonds is 3. The topological polar surface area (TPSA) is 49.9 Å². The smallest absolute Gasteiger partial charge is 0.0721 e. The molecule has 88 valence electrons. The van der Waals surface area contributed by atoms with E-state index in [-0.39, 0.29) is 6.04 Å². The molecule has 3 rings (SSSR count). The van der Waals surface area contributed by atoms with Crippen molar-refractivity contribution in [3.05, 3.63) is 53.3 Å². The molecule has 1 aromatic heterocycles. The number of nitrogens with zero attached hydrogens (tertiary/aromatic N) is 1. The number of aromatic nitrogens is 2. The summed E-state index contributed by atoms with van der Waals surface area (Å²) in [5.74, 6) is 0. The van der Waals surface area contributed by atoms with Crippen LogP contribution in [0.3, 0.4) is 0 Å². The van der Waals surface area contributed by atoms with Gasteiger partial charge in [0.05, 0.1) is 25.5 Å². The van der Waals surface area contributed by atoms with Crippen LogP contribution in [0.5, 0.6) is 0 Å². The molecule has 0 radical (unpaired) electrons. The van der Waals surface area contributed by atoms with Gasteiger partial charge in [0, 0.05) is 18.3 Å². The molecule has 0 aliphatic carbocycles. The monoisotopic (exact) mass is 229 g/mol. The Morgan fingerprint density at radius 1 is 1.41 bits per heavy atom. The van der Waals surface area contributed by atoms with E-state index in [2.05, 4.69) is 39.8 Å². The lowest BCUT2D eigenvalue weighted by Gasteiger charge is -2.26. The first kappa shape index (κ1) is 10.5. The van der Waals surface area contributed by atoms with Crippen molar-refractivity contribution in [2.75, 3.05) is 6.61 Å². The van der Waals surface area contributed by atoms with Gasteiger partial charge in [-0.15, -0.1) is 0 Å². The van der Waals surface area contributed by atoms with Gasteiger partial charge in [0.2, 0.25) is 0 Å². The summed E-state index contributed by atoms with van der Waals surface area (Å²) in [4.78, 5) is 0. The number of hydrogen-bond donors (Lipinski definition) is 2. The van der Waals surface area contributed by atoms with E-state index in [0.717, 1.165) is 25.3 Å². The molecule has 1 aromatic carbocycles. The number of aromatic amines is 1. The fraction of sp³-hybridized carbons (Fsp3) is 0.308. The Morgan fingerprint density at radius 3 is 3.24 bits per heavy atom. The van der Waals surface area contributed by atoms with Crippen LogP contribution in [0.1, 0.15) is 22.7 Å².